The molecular weight excluding hydrogens is 373 g/mol. The van der Waals surface area contributed by atoms with Crippen molar-refractivity contribution in [2.75, 3.05) is 7.11 Å². The van der Waals surface area contributed by atoms with Crippen LogP contribution >= 0.6 is 0 Å². The summed E-state index contributed by atoms with van der Waals surface area (Å²) in [5, 5.41) is 3.82. The van der Waals surface area contributed by atoms with E-state index in [0.717, 1.165) is 6.07 Å². The Balaban J connectivity index is 2.09. The number of aryl methyl sites for hydroxylation is 2. The Labute approximate surface area is 156 Å². The Bertz CT molecular complexity index is 1070. The lowest BCUT2D eigenvalue weighted by molar-refractivity contribution is 0.381. The van der Waals surface area contributed by atoms with Crippen molar-refractivity contribution in [1.82, 2.24) is 14.9 Å². The number of ether oxygens (including phenoxy) is 1. The van der Waals surface area contributed by atoms with E-state index in [9.17, 15) is 12.8 Å². The highest BCUT2D eigenvalue weighted by Crippen LogP contribution is 2.30. The molecule has 1 atom stereocenters. The highest BCUT2D eigenvalue weighted by atomic mass is 32.2. The van der Waals surface area contributed by atoms with E-state index in [1.54, 1.807) is 38.1 Å². The quantitative estimate of drug-likeness (QED) is 0.694. The molecule has 0 spiro atoms. The summed E-state index contributed by atoms with van der Waals surface area (Å²) < 4.78 is 52.7. The van der Waals surface area contributed by atoms with Crippen LogP contribution in [0.4, 0.5) is 4.39 Å². The van der Waals surface area contributed by atoms with E-state index < -0.39 is 26.8 Å². The van der Waals surface area contributed by atoms with Gasteiger partial charge in [0.05, 0.1) is 7.11 Å². The minimum Gasteiger partial charge on any atom is -0.496 e. The highest BCUT2D eigenvalue weighted by molar-refractivity contribution is 7.89. The molecule has 1 N–H and O–H groups in total. The first-order valence-corrected chi connectivity index (χ1v) is 9.52. The minimum atomic E-state index is -4.22. The molecule has 0 bridgehead atoms. The summed E-state index contributed by atoms with van der Waals surface area (Å²) in [6.07, 6.45) is 0. The van der Waals surface area contributed by atoms with Crippen molar-refractivity contribution < 1.29 is 22.1 Å². The summed E-state index contributed by atoms with van der Waals surface area (Å²) in [5.41, 5.74) is 1.08. The van der Waals surface area contributed by atoms with Gasteiger partial charge in [-0.1, -0.05) is 29.4 Å². The number of benzene rings is 2. The second kappa shape index (κ2) is 7.45. The first-order valence-electron chi connectivity index (χ1n) is 8.03. The lowest BCUT2D eigenvalue weighted by Crippen LogP contribution is -2.31. The van der Waals surface area contributed by atoms with Gasteiger partial charge >= 0.3 is 0 Å². The van der Waals surface area contributed by atoms with Crippen molar-refractivity contribution >= 4 is 10.0 Å². The standard InChI is InChI=1S/C18H18FN3O4S/c1-11-8-9-16(14(19)10-11)27(23,24)22-17(18-20-12(2)26-21-18)13-6-4-5-7-15(13)25-3/h4-10,17,22H,1-3H3/t17-/m0/s1. The Kier molecular flexibility index (Phi) is 5.24. The number of methoxy groups -OCH3 is 1. The molecule has 0 aliphatic rings. The van der Waals surface area contributed by atoms with Crippen molar-refractivity contribution in [2.24, 2.45) is 0 Å². The molecule has 0 radical (unpaired) electrons. The summed E-state index contributed by atoms with van der Waals surface area (Å²) in [7, 11) is -2.76. The van der Waals surface area contributed by atoms with Gasteiger partial charge in [0.15, 0.2) is 5.82 Å². The number of nitrogens with one attached hydrogen (secondary N) is 1. The number of hydrogen-bond acceptors (Lipinski definition) is 6. The Morgan fingerprint density at radius 2 is 1.93 bits per heavy atom. The molecule has 2 aromatic carbocycles. The van der Waals surface area contributed by atoms with Gasteiger partial charge in [0, 0.05) is 12.5 Å². The Morgan fingerprint density at radius 3 is 2.56 bits per heavy atom. The van der Waals surface area contributed by atoms with Gasteiger partial charge in [0.2, 0.25) is 15.9 Å². The van der Waals surface area contributed by atoms with Gasteiger partial charge in [-0.2, -0.15) is 9.71 Å². The smallest absolute Gasteiger partial charge is 0.244 e. The zero-order chi connectivity index (χ0) is 19.6. The number of sulfonamides is 1. The monoisotopic (exact) mass is 391 g/mol. The molecule has 142 valence electrons. The maximum atomic E-state index is 14.3. The molecule has 1 aromatic heterocycles. The highest BCUT2D eigenvalue weighted by Gasteiger charge is 2.30. The molecule has 0 fully saturated rings. The van der Waals surface area contributed by atoms with E-state index in [2.05, 4.69) is 14.9 Å². The zero-order valence-electron chi connectivity index (χ0n) is 14.9. The normalized spacial score (nSPS) is 12.7. The van der Waals surface area contributed by atoms with Gasteiger partial charge in [0.25, 0.3) is 0 Å². The summed E-state index contributed by atoms with van der Waals surface area (Å²) >= 11 is 0. The van der Waals surface area contributed by atoms with Gasteiger partial charge in [-0.25, -0.2) is 12.8 Å². The fourth-order valence-corrected chi connectivity index (χ4v) is 3.87. The van der Waals surface area contributed by atoms with Crippen molar-refractivity contribution in [1.29, 1.82) is 0 Å². The number of aromatic nitrogens is 2. The van der Waals surface area contributed by atoms with Gasteiger partial charge in [-0.05, 0) is 30.7 Å². The van der Waals surface area contributed by atoms with Gasteiger partial charge < -0.3 is 9.26 Å². The lowest BCUT2D eigenvalue weighted by atomic mass is 10.1. The van der Waals surface area contributed by atoms with Crippen LogP contribution in [-0.4, -0.2) is 25.7 Å². The SMILES string of the molecule is COc1ccccc1[C@H](NS(=O)(=O)c1ccc(C)cc1F)c1noc(C)n1. The summed E-state index contributed by atoms with van der Waals surface area (Å²) in [6, 6.07) is 9.68. The Hall–Kier alpha value is -2.78. The van der Waals surface area contributed by atoms with Crippen LogP contribution in [0.15, 0.2) is 51.9 Å². The summed E-state index contributed by atoms with van der Waals surface area (Å²) in [5.74, 6) is -0.0543. The van der Waals surface area contributed by atoms with E-state index in [-0.39, 0.29) is 11.7 Å². The minimum absolute atomic E-state index is 0.0908. The molecule has 7 nitrogen and oxygen atoms in total. The fourth-order valence-electron chi connectivity index (χ4n) is 2.63. The van der Waals surface area contributed by atoms with Crippen molar-refractivity contribution in [2.45, 2.75) is 24.8 Å². The topological polar surface area (TPSA) is 94.3 Å². The van der Waals surface area contributed by atoms with Crippen LogP contribution in [0.1, 0.15) is 28.9 Å². The Morgan fingerprint density at radius 1 is 1.19 bits per heavy atom. The number of hydrogen-bond donors (Lipinski definition) is 1. The average molecular weight is 391 g/mol. The van der Waals surface area contributed by atoms with E-state index in [0.29, 0.717) is 16.9 Å². The predicted octanol–water partition coefficient (Wildman–Crippen LogP) is 2.90. The molecule has 9 heteroatoms. The maximum absolute atomic E-state index is 14.3. The van der Waals surface area contributed by atoms with Gasteiger partial charge in [-0.3, -0.25) is 0 Å². The second-order valence-corrected chi connectivity index (χ2v) is 7.58. The van der Waals surface area contributed by atoms with Gasteiger partial charge in [0.1, 0.15) is 22.5 Å². The van der Waals surface area contributed by atoms with Crippen LogP contribution in [0.25, 0.3) is 0 Å². The summed E-state index contributed by atoms with van der Waals surface area (Å²) in [4.78, 5) is 3.66. The number of halogens is 1. The first kappa shape index (κ1) is 19.0. The fraction of sp³-hybridized carbons (Fsp3) is 0.222. The molecule has 3 rings (SSSR count). The zero-order valence-corrected chi connectivity index (χ0v) is 15.7. The van der Waals surface area contributed by atoms with Crippen LogP contribution in [0.2, 0.25) is 0 Å². The van der Waals surface area contributed by atoms with E-state index >= 15 is 0 Å². The molecule has 0 amide bonds. The van der Waals surface area contributed by atoms with Crippen molar-refractivity contribution in [3.05, 3.63) is 71.1 Å². The van der Waals surface area contributed by atoms with Crippen LogP contribution in [0.3, 0.4) is 0 Å². The third kappa shape index (κ3) is 3.99. The molecule has 1 heterocycles. The predicted molar refractivity (Wildman–Crippen MR) is 95.3 cm³/mol. The third-order valence-electron chi connectivity index (χ3n) is 3.90. The van der Waals surface area contributed by atoms with Crippen LogP contribution in [0.5, 0.6) is 5.75 Å². The second-order valence-electron chi connectivity index (χ2n) is 5.90. The molecule has 3 aromatic rings. The van der Waals surface area contributed by atoms with E-state index in [4.69, 9.17) is 9.26 Å². The molecular formula is C18H18FN3O4S. The van der Waals surface area contributed by atoms with Crippen LogP contribution in [0, 0.1) is 19.7 Å². The molecule has 0 aliphatic heterocycles. The molecule has 0 unspecified atom stereocenters. The first-order chi connectivity index (χ1) is 12.8. The van der Waals surface area contributed by atoms with Gasteiger partial charge in [-0.15, -0.1) is 0 Å². The lowest BCUT2D eigenvalue weighted by Gasteiger charge is -2.19. The van der Waals surface area contributed by atoms with E-state index in [1.165, 1.54) is 19.2 Å². The number of rotatable bonds is 6. The molecule has 0 aliphatic carbocycles. The summed E-state index contributed by atoms with van der Waals surface area (Å²) in [6.45, 7) is 3.26. The van der Waals surface area contributed by atoms with Crippen LogP contribution in [-0.2, 0) is 10.0 Å². The average Bonchev–Trinajstić information content (AvgIpc) is 3.05. The van der Waals surface area contributed by atoms with Crippen molar-refractivity contribution in [3.8, 4) is 5.75 Å². The molecule has 27 heavy (non-hydrogen) atoms. The van der Waals surface area contributed by atoms with Crippen molar-refractivity contribution in [3.63, 3.8) is 0 Å². The number of para-hydroxylation sites is 1. The third-order valence-corrected chi connectivity index (χ3v) is 5.36. The largest absolute Gasteiger partial charge is 0.496 e. The maximum Gasteiger partial charge on any atom is 0.244 e. The molecule has 0 saturated carbocycles. The number of nitrogens with zero attached hydrogens (tertiary/aromatic N) is 2. The molecule has 0 saturated heterocycles. The van der Waals surface area contributed by atoms with E-state index in [1.807, 2.05) is 0 Å². The van der Waals surface area contributed by atoms with Crippen LogP contribution < -0.4 is 9.46 Å².